The van der Waals surface area contributed by atoms with Crippen molar-refractivity contribution in [3.63, 3.8) is 0 Å². The maximum Gasteiger partial charge on any atom is 0.410 e. The van der Waals surface area contributed by atoms with E-state index in [4.69, 9.17) is 9.47 Å². The number of aliphatic hydroxyl groups excluding tert-OH is 1. The van der Waals surface area contributed by atoms with Gasteiger partial charge in [0, 0.05) is 26.2 Å². The molecule has 1 N–H and O–H groups in total. The zero-order valence-corrected chi connectivity index (χ0v) is 16.9. The van der Waals surface area contributed by atoms with Crippen molar-refractivity contribution in [3.8, 4) is 0 Å². The minimum absolute atomic E-state index is 0.0844. The number of amides is 2. The quantitative estimate of drug-likeness (QED) is 0.858. The zero-order chi connectivity index (χ0) is 20.4. The molecule has 0 bridgehead atoms. The Hall–Kier alpha value is -2.28. The Morgan fingerprint density at radius 2 is 1.86 bits per heavy atom. The Balaban J connectivity index is 1.64. The van der Waals surface area contributed by atoms with Gasteiger partial charge in [-0.1, -0.05) is 30.3 Å². The molecule has 0 radical (unpaired) electrons. The highest BCUT2D eigenvalue weighted by Gasteiger charge is 2.55. The normalized spacial score (nSPS) is 21.2. The molecule has 1 aromatic rings. The topological polar surface area (TPSA) is 79.3 Å². The molecule has 0 saturated carbocycles. The van der Waals surface area contributed by atoms with Gasteiger partial charge in [-0.25, -0.2) is 9.59 Å². The van der Waals surface area contributed by atoms with E-state index in [2.05, 4.69) is 0 Å². The van der Waals surface area contributed by atoms with Crippen molar-refractivity contribution >= 4 is 12.2 Å². The molecule has 7 heteroatoms. The summed E-state index contributed by atoms with van der Waals surface area (Å²) >= 11 is 0. The number of carbonyl (C=O) groups excluding carboxylic acids is 2. The van der Waals surface area contributed by atoms with E-state index in [-0.39, 0.29) is 31.3 Å². The minimum Gasteiger partial charge on any atom is -0.445 e. The summed E-state index contributed by atoms with van der Waals surface area (Å²) in [6, 6.07) is 9.55. The minimum atomic E-state index is -0.561. The number of aliphatic hydroxyl groups is 1. The fourth-order valence-electron chi connectivity index (χ4n) is 3.96. The molecular weight excluding hydrogens is 360 g/mol. The molecule has 1 aromatic carbocycles. The first-order valence-corrected chi connectivity index (χ1v) is 9.79. The van der Waals surface area contributed by atoms with Gasteiger partial charge >= 0.3 is 12.2 Å². The number of hydrogen-bond acceptors (Lipinski definition) is 5. The first-order valence-electron chi connectivity index (χ1n) is 9.79. The maximum atomic E-state index is 12.8. The molecule has 0 aromatic heterocycles. The van der Waals surface area contributed by atoms with E-state index < -0.39 is 11.1 Å². The van der Waals surface area contributed by atoms with E-state index in [1.54, 1.807) is 9.80 Å². The predicted molar refractivity (Wildman–Crippen MR) is 104 cm³/mol. The van der Waals surface area contributed by atoms with Crippen molar-refractivity contribution in [2.75, 3.05) is 26.2 Å². The summed E-state index contributed by atoms with van der Waals surface area (Å²) in [5.41, 5.74) is -0.121. The van der Waals surface area contributed by atoms with Crippen molar-refractivity contribution in [3.05, 3.63) is 35.9 Å². The van der Waals surface area contributed by atoms with E-state index in [9.17, 15) is 14.7 Å². The van der Waals surface area contributed by atoms with Gasteiger partial charge in [0.05, 0.1) is 5.54 Å². The van der Waals surface area contributed by atoms with Crippen LogP contribution in [-0.2, 0) is 16.1 Å². The van der Waals surface area contributed by atoms with Crippen LogP contribution in [0.5, 0.6) is 0 Å². The third-order valence-electron chi connectivity index (χ3n) is 5.31. The summed E-state index contributed by atoms with van der Waals surface area (Å²) in [4.78, 5) is 28.5. The molecule has 2 aliphatic heterocycles. The second kappa shape index (κ2) is 7.99. The lowest BCUT2D eigenvalue weighted by atomic mass is 9.75. The summed E-state index contributed by atoms with van der Waals surface area (Å²) in [5.74, 6) is 0.124. The van der Waals surface area contributed by atoms with E-state index in [1.807, 2.05) is 51.1 Å². The number of ether oxygens (including phenoxy) is 2. The average Bonchev–Trinajstić information content (AvgIpc) is 2.63. The largest absolute Gasteiger partial charge is 0.445 e. The van der Waals surface area contributed by atoms with Gasteiger partial charge in [0.2, 0.25) is 0 Å². The summed E-state index contributed by atoms with van der Waals surface area (Å²) in [6.45, 7) is 7.10. The van der Waals surface area contributed by atoms with Crippen LogP contribution in [0.2, 0.25) is 0 Å². The van der Waals surface area contributed by atoms with E-state index >= 15 is 0 Å². The van der Waals surface area contributed by atoms with Crippen molar-refractivity contribution in [2.45, 2.75) is 51.4 Å². The second-order valence-corrected chi connectivity index (χ2v) is 8.79. The van der Waals surface area contributed by atoms with Gasteiger partial charge in [-0.2, -0.15) is 0 Å². The van der Waals surface area contributed by atoms with Crippen LogP contribution >= 0.6 is 0 Å². The van der Waals surface area contributed by atoms with Gasteiger partial charge in [-0.15, -0.1) is 0 Å². The van der Waals surface area contributed by atoms with Gasteiger partial charge in [0.25, 0.3) is 0 Å². The Kier molecular flexibility index (Phi) is 5.84. The van der Waals surface area contributed by atoms with E-state index in [0.717, 1.165) is 12.0 Å². The molecule has 0 unspecified atom stereocenters. The smallest absolute Gasteiger partial charge is 0.410 e. The molecule has 2 amide bonds. The van der Waals surface area contributed by atoms with Crippen LogP contribution in [-0.4, -0.2) is 64.5 Å². The third kappa shape index (κ3) is 4.58. The summed E-state index contributed by atoms with van der Waals surface area (Å²) < 4.78 is 11.0. The molecule has 3 rings (SSSR count). The van der Waals surface area contributed by atoms with Gasteiger partial charge in [-0.3, -0.25) is 4.90 Å². The van der Waals surface area contributed by atoms with Crippen molar-refractivity contribution in [1.82, 2.24) is 9.80 Å². The highest BCUT2D eigenvalue weighted by atomic mass is 16.6. The van der Waals surface area contributed by atoms with Crippen molar-refractivity contribution in [2.24, 2.45) is 5.92 Å². The van der Waals surface area contributed by atoms with Crippen LogP contribution < -0.4 is 0 Å². The zero-order valence-electron chi connectivity index (χ0n) is 16.9. The molecule has 1 spiro atoms. The van der Waals surface area contributed by atoms with Crippen molar-refractivity contribution in [1.29, 1.82) is 0 Å². The Morgan fingerprint density at radius 1 is 1.18 bits per heavy atom. The molecular formula is C21H30N2O5. The van der Waals surface area contributed by atoms with Crippen LogP contribution in [0.25, 0.3) is 0 Å². The number of likely N-dealkylation sites (tertiary alicyclic amines) is 2. The number of nitrogens with zero attached hydrogens (tertiary/aromatic N) is 2. The first-order chi connectivity index (χ1) is 13.2. The standard InChI is InChI=1S/C21H30N2O5/c1-20(2,3)28-18(25)22-14-21(15-22)11-17(12-24)9-10-23(21)19(26)27-13-16-7-5-4-6-8-16/h4-8,17,24H,9-15H2,1-3H3/t17-/m1/s1. The first kappa shape index (κ1) is 20.5. The predicted octanol–water partition coefficient (Wildman–Crippen LogP) is 3.02. The number of rotatable bonds is 3. The maximum absolute atomic E-state index is 12.8. The van der Waals surface area contributed by atoms with Crippen LogP contribution in [0, 0.1) is 5.92 Å². The van der Waals surface area contributed by atoms with Gasteiger partial charge < -0.3 is 19.5 Å². The number of benzene rings is 1. The van der Waals surface area contributed by atoms with Gasteiger partial charge in [0.15, 0.2) is 0 Å². The number of carbonyl (C=O) groups is 2. The fourth-order valence-corrected chi connectivity index (χ4v) is 3.96. The molecule has 1 atom stereocenters. The number of piperidine rings is 1. The van der Waals surface area contributed by atoms with Gasteiger partial charge in [0.1, 0.15) is 12.2 Å². The molecule has 28 heavy (non-hydrogen) atoms. The molecule has 2 aliphatic rings. The monoisotopic (exact) mass is 390 g/mol. The molecule has 0 aliphatic carbocycles. The summed E-state index contributed by atoms with van der Waals surface area (Å²) in [5, 5.41) is 9.61. The van der Waals surface area contributed by atoms with E-state index in [0.29, 0.717) is 26.1 Å². The fraction of sp³-hybridized carbons (Fsp3) is 0.619. The lowest BCUT2D eigenvalue weighted by Crippen LogP contribution is -2.74. The van der Waals surface area contributed by atoms with E-state index in [1.165, 1.54) is 0 Å². The van der Waals surface area contributed by atoms with Crippen LogP contribution in [0.15, 0.2) is 30.3 Å². The third-order valence-corrected chi connectivity index (χ3v) is 5.31. The number of hydrogen-bond donors (Lipinski definition) is 1. The highest BCUT2D eigenvalue weighted by Crippen LogP contribution is 2.40. The molecule has 2 heterocycles. The average molecular weight is 390 g/mol. The van der Waals surface area contributed by atoms with Crippen LogP contribution in [0.1, 0.15) is 39.2 Å². The second-order valence-electron chi connectivity index (χ2n) is 8.79. The Morgan fingerprint density at radius 3 is 2.46 bits per heavy atom. The molecule has 7 nitrogen and oxygen atoms in total. The summed E-state index contributed by atoms with van der Waals surface area (Å²) in [7, 11) is 0. The molecule has 154 valence electrons. The Labute approximate surface area is 166 Å². The van der Waals surface area contributed by atoms with Gasteiger partial charge in [-0.05, 0) is 45.1 Å². The van der Waals surface area contributed by atoms with Crippen LogP contribution in [0.4, 0.5) is 9.59 Å². The van der Waals surface area contributed by atoms with Crippen LogP contribution in [0.3, 0.4) is 0 Å². The Bertz CT molecular complexity index is 694. The molecule has 2 saturated heterocycles. The SMILES string of the molecule is CC(C)(C)OC(=O)N1CC2(C[C@H](CO)CCN2C(=O)OCc2ccccc2)C1. The lowest BCUT2D eigenvalue weighted by molar-refractivity contribution is -0.0903. The lowest BCUT2D eigenvalue weighted by Gasteiger charge is -2.58. The highest BCUT2D eigenvalue weighted by molar-refractivity contribution is 5.73. The van der Waals surface area contributed by atoms with Crippen molar-refractivity contribution < 1.29 is 24.2 Å². The molecule has 2 fully saturated rings. The summed E-state index contributed by atoms with van der Waals surface area (Å²) in [6.07, 6.45) is 0.639.